The molecule has 1 aromatic carbocycles. The standard InChI is InChI=1S/C15H22N2O3S/c1-15(2,3)20-14(19)17-11(9-18)8-10-6-4-5-7-12(10)13(16)21/h4-7,11,18H,8-9H2,1-3H3,(H2,16,21)(H,17,19)/t11-/m1/s1. The molecule has 116 valence electrons. The van der Waals surface area contributed by atoms with E-state index in [1.54, 1.807) is 20.8 Å². The van der Waals surface area contributed by atoms with Gasteiger partial charge in [-0.05, 0) is 32.8 Å². The molecule has 0 spiro atoms. The molecule has 1 amide bonds. The van der Waals surface area contributed by atoms with E-state index in [2.05, 4.69) is 5.32 Å². The van der Waals surface area contributed by atoms with Crippen molar-refractivity contribution in [1.29, 1.82) is 0 Å². The maximum absolute atomic E-state index is 11.7. The van der Waals surface area contributed by atoms with Crippen LogP contribution in [0.5, 0.6) is 0 Å². The average Bonchev–Trinajstić information content (AvgIpc) is 2.36. The molecule has 0 bridgehead atoms. The van der Waals surface area contributed by atoms with Crippen molar-refractivity contribution in [2.45, 2.75) is 38.8 Å². The minimum Gasteiger partial charge on any atom is -0.444 e. The van der Waals surface area contributed by atoms with Gasteiger partial charge in [0.25, 0.3) is 0 Å². The Morgan fingerprint density at radius 1 is 1.43 bits per heavy atom. The number of rotatable bonds is 5. The van der Waals surface area contributed by atoms with Crippen LogP contribution in [0.3, 0.4) is 0 Å². The van der Waals surface area contributed by atoms with E-state index >= 15 is 0 Å². The van der Waals surface area contributed by atoms with Crippen molar-refractivity contribution in [3.8, 4) is 0 Å². The molecule has 0 saturated heterocycles. The molecule has 1 atom stereocenters. The summed E-state index contributed by atoms with van der Waals surface area (Å²) in [6, 6.07) is 6.93. The third kappa shape index (κ3) is 6.10. The number of alkyl carbamates (subject to hydrolysis) is 1. The first-order valence-electron chi connectivity index (χ1n) is 6.71. The summed E-state index contributed by atoms with van der Waals surface area (Å²) in [5, 5.41) is 12.1. The van der Waals surface area contributed by atoms with Crippen LogP contribution in [-0.4, -0.2) is 34.4 Å². The molecule has 6 heteroatoms. The molecule has 0 heterocycles. The zero-order valence-electron chi connectivity index (χ0n) is 12.6. The van der Waals surface area contributed by atoms with Gasteiger partial charge >= 0.3 is 6.09 Å². The summed E-state index contributed by atoms with van der Waals surface area (Å²) in [6.07, 6.45) is -0.141. The lowest BCUT2D eigenvalue weighted by molar-refractivity contribution is 0.0483. The molecule has 5 nitrogen and oxygen atoms in total. The Balaban J connectivity index is 2.75. The second-order valence-electron chi connectivity index (χ2n) is 5.75. The fourth-order valence-electron chi connectivity index (χ4n) is 1.84. The maximum atomic E-state index is 11.7. The van der Waals surface area contributed by atoms with Crippen molar-refractivity contribution in [2.24, 2.45) is 5.73 Å². The summed E-state index contributed by atoms with van der Waals surface area (Å²) >= 11 is 5.00. The summed E-state index contributed by atoms with van der Waals surface area (Å²) in [4.78, 5) is 12.0. The van der Waals surface area contributed by atoms with E-state index in [-0.39, 0.29) is 6.61 Å². The second kappa shape index (κ2) is 7.38. The summed E-state index contributed by atoms with van der Waals surface area (Å²) in [7, 11) is 0. The number of aliphatic hydroxyl groups excluding tert-OH is 1. The highest BCUT2D eigenvalue weighted by atomic mass is 32.1. The monoisotopic (exact) mass is 310 g/mol. The molecule has 4 N–H and O–H groups in total. The molecule has 0 aliphatic heterocycles. The molecule has 1 rings (SSSR count). The van der Waals surface area contributed by atoms with Crippen LogP contribution in [-0.2, 0) is 11.2 Å². The summed E-state index contributed by atoms with van der Waals surface area (Å²) < 4.78 is 5.17. The van der Waals surface area contributed by atoms with E-state index in [9.17, 15) is 9.90 Å². The smallest absolute Gasteiger partial charge is 0.407 e. The normalized spacial score (nSPS) is 12.6. The Hall–Kier alpha value is -1.66. The number of benzene rings is 1. The van der Waals surface area contributed by atoms with Gasteiger partial charge in [0.1, 0.15) is 10.6 Å². The van der Waals surface area contributed by atoms with E-state index < -0.39 is 17.7 Å². The molecule has 0 aliphatic rings. The Labute approximate surface area is 130 Å². The van der Waals surface area contributed by atoms with Crippen molar-refractivity contribution in [3.05, 3.63) is 35.4 Å². The van der Waals surface area contributed by atoms with Gasteiger partial charge in [0, 0.05) is 5.56 Å². The van der Waals surface area contributed by atoms with Gasteiger partial charge in [-0.15, -0.1) is 0 Å². The Kier molecular flexibility index (Phi) is 6.11. The van der Waals surface area contributed by atoms with Gasteiger partial charge in [0.2, 0.25) is 0 Å². The number of carbonyl (C=O) groups is 1. The van der Waals surface area contributed by atoms with E-state index in [1.807, 2.05) is 24.3 Å². The van der Waals surface area contributed by atoms with Crippen LogP contribution in [0, 0.1) is 0 Å². The fraction of sp³-hybridized carbons (Fsp3) is 0.467. The van der Waals surface area contributed by atoms with Crippen LogP contribution < -0.4 is 11.1 Å². The molecular weight excluding hydrogens is 288 g/mol. The SMILES string of the molecule is CC(C)(C)OC(=O)N[C@@H](CO)Cc1ccccc1C(N)=S. The lowest BCUT2D eigenvalue weighted by Gasteiger charge is -2.23. The molecule has 0 saturated carbocycles. The summed E-state index contributed by atoms with van der Waals surface area (Å²) in [5.74, 6) is 0. The zero-order chi connectivity index (χ0) is 16.0. The zero-order valence-corrected chi connectivity index (χ0v) is 13.4. The molecule has 0 radical (unpaired) electrons. The third-order valence-electron chi connectivity index (χ3n) is 2.69. The van der Waals surface area contributed by atoms with Crippen LogP contribution in [0.4, 0.5) is 4.79 Å². The quantitative estimate of drug-likeness (QED) is 0.722. The third-order valence-corrected chi connectivity index (χ3v) is 2.91. The summed E-state index contributed by atoms with van der Waals surface area (Å²) in [6.45, 7) is 5.14. The van der Waals surface area contributed by atoms with Gasteiger partial charge in [-0.2, -0.15) is 0 Å². The molecule has 0 fully saturated rings. The Morgan fingerprint density at radius 2 is 2.05 bits per heavy atom. The molecule has 0 aromatic heterocycles. The predicted octanol–water partition coefficient (Wildman–Crippen LogP) is 1.75. The molecule has 0 aliphatic carbocycles. The van der Waals surface area contributed by atoms with Gasteiger partial charge in [-0.3, -0.25) is 0 Å². The molecule has 21 heavy (non-hydrogen) atoms. The number of hydrogen-bond acceptors (Lipinski definition) is 4. The van der Waals surface area contributed by atoms with E-state index in [0.29, 0.717) is 11.4 Å². The first kappa shape index (κ1) is 17.4. The Morgan fingerprint density at radius 3 is 2.57 bits per heavy atom. The largest absolute Gasteiger partial charge is 0.444 e. The minimum atomic E-state index is -0.583. The number of hydrogen-bond donors (Lipinski definition) is 3. The number of carbonyl (C=O) groups excluding carboxylic acids is 1. The number of aliphatic hydroxyl groups is 1. The van der Waals surface area contributed by atoms with Gasteiger partial charge in [-0.1, -0.05) is 36.5 Å². The second-order valence-corrected chi connectivity index (χ2v) is 6.19. The van der Waals surface area contributed by atoms with Crippen molar-refractivity contribution in [2.75, 3.05) is 6.61 Å². The van der Waals surface area contributed by atoms with Gasteiger partial charge in [0.05, 0.1) is 12.6 Å². The number of amides is 1. The molecule has 1 aromatic rings. The topological polar surface area (TPSA) is 84.6 Å². The maximum Gasteiger partial charge on any atom is 0.407 e. The number of thiocarbonyl (C=S) groups is 1. The van der Waals surface area contributed by atoms with Crippen molar-refractivity contribution >= 4 is 23.3 Å². The highest BCUT2D eigenvalue weighted by Gasteiger charge is 2.20. The van der Waals surface area contributed by atoms with Crippen LogP contribution in [0.2, 0.25) is 0 Å². The predicted molar refractivity (Wildman–Crippen MR) is 86.3 cm³/mol. The van der Waals surface area contributed by atoms with Crippen LogP contribution in [0.25, 0.3) is 0 Å². The molecular formula is C15H22N2O3S. The highest BCUT2D eigenvalue weighted by molar-refractivity contribution is 7.80. The average molecular weight is 310 g/mol. The van der Waals surface area contributed by atoms with Crippen molar-refractivity contribution < 1.29 is 14.6 Å². The summed E-state index contributed by atoms with van der Waals surface area (Å²) in [5.41, 5.74) is 6.71. The van der Waals surface area contributed by atoms with E-state index in [0.717, 1.165) is 11.1 Å². The van der Waals surface area contributed by atoms with Crippen LogP contribution in [0.1, 0.15) is 31.9 Å². The first-order valence-corrected chi connectivity index (χ1v) is 7.12. The lowest BCUT2D eigenvalue weighted by Crippen LogP contribution is -2.42. The van der Waals surface area contributed by atoms with E-state index in [4.69, 9.17) is 22.7 Å². The van der Waals surface area contributed by atoms with Crippen molar-refractivity contribution in [1.82, 2.24) is 5.32 Å². The number of nitrogens with one attached hydrogen (secondary N) is 1. The first-order chi connectivity index (χ1) is 9.73. The van der Waals surface area contributed by atoms with Gasteiger partial charge in [0.15, 0.2) is 0 Å². The fourth-order valence-corrected chi connectivity index (χ4v) is 2.04. The van der Waals surface area contributed by atoms with Gasteiger partial charge in [-0.25, -0.2) is 4.79 Å². The Bertz CT molecular complexity index is 512. The van der Waals surface area contributed by atoms with E-state index in [1.165, 1.54) is 0 Å². The lowest BCUT2D eigenvalue weighted by atomic mass is 10.0. The highest BCUT2D eigenvalue weighted by Crippen LogP contribution is 2.12. The van der Waals surface area contributed by atoms with Crippen molar-refractivity contribution in [3.63, 3.8) is 0 Å². The number of ether oxygens (including phenoxy) is 1. The minimum absolute atomic E-state index is 0.203. The number of nitrogens with two attached hydrogens (primary N) is 1. The van der Waals surface area contributed by atoms with Crippen LogP contribution >= 0.6 is 12.2 Å². The van der Waals surface area contributed by atoms with Crippen LogP contribution in [0.15, 0.2) is 24.3 Å². The van der Waals surface area contributed by atoms with Gasteiger partial charge < -0.3 is 20.9 Å². The molecule has 0 unspecified atom stereocenters.